The molecule has 0 saturated carbocycles. The minimum Gasteiger partial charge on any atom is -0.495 e. The predicted octanol–water partition coefficient (Wildman–Crippen LogP) is 1.24. The molecule has 1 aromatic heterocycles. The van der Waals surface area contributed by atoms with Gasteiger partial charge in [-0.25, -0.2) is 4.98 Å². The summed E-state index contributed by atoms with van der Waals surface area (Å²) in [6, 6.07) is 3.99. The summed E-state index contributed by atoms with van der Waals surface area (Å²) in [4.78, 5) is 4.17. The molecule has 0 aromatic carbocycles. The van der Waals surface area contributed by atoms with Gasteiger partial charge in [-0.2, -0.15) is 0 Å². The zero-order valence-electron chi connectivity index (χ0n) is 8.66. The van der Waals surface area contributed by atoms with E-state index in [1.165, 1.54) is 0 Å². The van der Waals surface area contributed by atoms with E-state index in [1.807, 2.05) is 19.1 Å². The van der Waals surface area contributed by atoms with E-state index in [2.05, 4.69) is 10.3 Å². The number of hydrogen-bond acceptors (Lipinski definition) is 4. The number of nitrogens with two attached hydrogens (primary N) is 1. The number of aromatic nitrogens is 1. The molecule has 1 unspecified atom stereocenters. The summed E-state index contributed by atoms with van der Waals surface area (Å²) >= 11 is 0. The molecule has 1 atom stereocenters. The highest BCUT2D eigenvalue weighted by atomic mass is 16.5. The van der Waals surface area contributed by atoms with Crippen LogP contribution in [0.4, 0.5) is 5.82 Å². The van der Waals surface area contributed by atoms with E-state index in [0.717, 1.165) is 24.5 Å². The van der Waals surface area contributed by atoms with Gasteiger partial charge in [0.15, 0.2) is 0 Å². The van der Waals surface area contributed by atoms with Gasteiger partial charge < -0.3 is 15.8 Å². The summed E-state index contributed by atoms with van der Waals surface area (Å²) in [5.74, 6) is 1.62. The highest BCUT2D eigenvalue weighted by Crippen LogP contribution is 2.10. The van der Waals surface area contributed by atoms with Crippen LogP contribution < -0.4 is 15.8 Å². The first-order chi connectivity index (χ1) is 6.72. The maximum atomic E-state index is 5.62. The number of pyridine rings is 1. The van der Waals surface area contributed by atoms with Gasteiger partial charge in [0.05, 0.1) is 13.3 Å². The summed E-state index contributed by atoms with van der Waals surface area (Å²) in [5.41, 5.74) is 5.62. The van der Waals surface area contributed by atoms with Crippen molar-refractivity contribution in [1.29, 1.82) is 0 Å². The van der Waals surface area contributed by atoms with Crippen LogP contribution in [0.2, 0.25) is 0 Å². The first-order valence-corrected chi connectivity index (χ1v) is 4.72. The average molecular weight is 195 g/mol. The van der Waals surface area contributed by atoms with Crippen molar-refractivity contribution in [3.05, 3.63) is 18.3 Å². The van der Waals surface area contributed by atoms with Gasteiger partial charge >= 0.3 is 0 Å². The molecule has 0 radical (unpaired) electrons. The van der Waals surface area contributed by atoms with Crippen LogP contribution in [-0.4, -0.2) is 24.7 Å². The molecule has 0 aliphatic carbocycles. The summed E-state index contributed by atoms with van der Waals surface area (Å²) in [5, 5.41) is 3.18. The Balaban J connectivity index is 2.36. The fraction of sp³-hybridized carbons (Fsp3) is 0.500. The van der Waals surface area contributed by atoms with Gasteiger partial charge in [0.2, 0.25) is 0 Å². The number of nitrogens with zero attached hydrogens (tertiary/aromatic N) is 1. The van der Waals surface area contributed by atoms with Crippen LogP contribution in [0.3, 0.4) is 0 Å². The minimum absolute atomic E-state index is 0.223. The number of hydrogen-bond donors (Lipinski definition) is 2. The van der Waals surface area contributed by atoms with Crippen molar-refractivity contribution >= 4 is 5.82 Å². The van der Waals surface area contributed by atoms with E-state index in [9.17, 15) is 0 Å². The highest BCUT2D eigenvalue weighted by molar-refractivity contribution is 5.37. The maximum Gasteiger partial charge on any atom is 0.137 e. The molecule has 0 fully saturated rings. The van der Waals surface area contributed by atoms with Crippen LogP contribution in [0.5, 0.6) is 5.75 Å². The maximum absolute atomic E-state index is 5.62. The van der Waals surface area contributed by atoms with E-state index >= 15 is 0 Å². The standard InChI is InChI=1S/C10H17N3O/c1-8(11)5-6-12-10-4-3-9(14-2)7-13-10/h3-4,7-8H,5-6,11H2,1-2H3,(H,12,13). The van der Waals surface area contributed by atoms with Crippen molar-refractivity contribution in [1.82, 2.24) is 4.98 Å². The van der Waals surface area contributed by atoms with Crippen LogP contribution in [0.1, 0.15) is 13.3 Å². The molecule has 0 aliphatic rings. The minimum atomic E-state index is 0.223. The largest absolute Gasteiger partial charge is 0.495 e. The number of methoxy groups -OCH3 is 1. The van der Waals surface area contributed by atoms with Crippen LogP contribution in [-0.2, 0) is 0 Å². The second-order valence-electron chi connectivity index (χ2n) is 3.28. The van der Waals surface area contributed by atoms with Crippen LogP contribution in [0.25, 0.3) is 0 Å². The number of ether oxygens (including phenoxy) is 1. The highest BCUT2D eigenvalue weighted by Gasteiger charge is 1.96. The lowest BCUT2D eigenvalue weighted by Gasteiger charge is -2.07. The first kappa shape index (κ1) is 10.8. The van der Waals surface area contributed by atoms with Crippen molar-refractivity contribution < 1.29 is 4.74 Å². The molecule has 0 spiro atoms. The van der Waals surface area contributed by atoms with Crippen molar-refractivity contribution in [2.45, 2.75) is 19.4 Å². The van der Waals surface area contributed by atoms with Gasteiger partial charge in [-0.15, -0.1) is 0 Å². The van der Waals surface area contributed by atoms with E-state index < -0.39 is 0 Å². The summed E-state index contributed by atoms with van der Waals surface area (Å²) < 4.78 is 5.00. The normalized spacial score (nSPS) is 12.2. The third kappa shape index (κ3) is 3.62. The van der Waals surface area contributed by atoms with Crippen LogP contribution in [0.15, 0.2) is 18.3 Å². The molecule has 0 amide bonds. The van der Waals surface area contributed by atoms with E-state index in [1.54, 1.807) is 13.3 Å². The Morgan fingerprint density at radius 3 is 2.86 bits per heavy atom. The summed E-state index contributed by atoms with van der Waals surface area (Å²) in [6.45, 7) is 2.83. The van der Waals surface area contributed by atoms with Crippen LogP contribution in [0, 0.1) is 0 Å². The molecule has 0 saturated heterocycles. The third-order valence-electron chi connectivity index (χ3n) is 1.88. The molecule has 0 bridgehead atoms. The van der Waals surface area contributed by atoms with E-state index in [0.29, 0.717) is 0 Å². The Kier molecular flexibility index (Phi) is 4.19. The molecule has 4 nitrogen and oxygen atoms in total. The molecule has 14 heavy (non-hydrogen) atoms. The van der Waals surface area contributed by atoms with E-state index in [4.69, 9.17) is 10.5 Å². The van der Waals surface area contributed by atoms with Gasteiger partial charge in [-0.3, -0.25) is 0 Å². The molecule has 1 aromatic rings. The summed E-state index contributed by atoms with van der Waals surface area (Å²) in [6.07, 6.45) is 2.63. The van der Waals surface area contributed by atoms with Gasteiger partial charge in [0.25, 0.3) is 0 Å². The van der Waals surface area contributed by atoms with Crippen molar-refractivity contribution in [3.63, 3.8) is 0 Å². The van der Waals surface area contributed by atoms with Crippen molar-refractivity contribution in [3.8, 4) is 5.75 Å². The topological polar surface area (TPSA) is 60.2 Å². The first-order valence-electron chi connectivity index (χ1n) is 4.72. The fourth-order valence-electron chi connectivity index (χ4n) is 1.03. The fourth-order valence-corrected chi connectivity index (χ4v) is 1.03. The zero-order valence-corrected chi connectivity index (χ0v) is 8.66. The number of anilines is 1. The Morgan fingerprint density at radius 1 is 1.57 bits per heavy atom. The molecule has 3 N–H and O–H groups in total. The molecule has 4 heteroatoms. The zero-order chi connectivity index (χ0) is 10.4. The van der Waals surface area contributed by atoms with Gasteiger partial charge in [0.1, 0.15) is 11.6 Å². The average Bonchev–Trinajstić information content (AvgIpc) is 2.18. The third-order valence-corrected chi connectivity index (χ3v) is 1.88. The lowest BCUT2D eigenvalue weighted by molar-refractivity contribution is 0.413. The Bertz CT molecular complexity index is 259. The van der Waals surface area contributed by atoms with Crippen LogP contribution >= 0.6 is 0 Å². The molecular weight excluding hydrogens is 178 g/mol. The van der Waals surface area contributed by atoms with Crippen molar-refractivity contribution in [2.24, 2.45) is 5.73 Å². The van der Waals surface area contributed by atoms with Gasteiger partial charge in [0, 0.05) is 12.6 Å². The van der Waals surface area contributed by atoms with E-state index in [-0.39, 0.29) is 6.04 Å². The Morgan fingerprint density at radius 2 is 2.36 bits per heavy atom. The second-order valence-corrected chi connectivity index (χ2v) is 3.28. The van der Waals surface area contributed by atoms with Gasteiger partial charge in [-0.05, 0) is 25.5 Å². The molecule has 1 rings (SSSR count). The lowest BCUT2D eigenvalue weighted by atomic mass is 10.2. The SMILES string of the molecule is COc1ccc(NCCC(C)N)nc1. The number of nitrogens with one attached hydrogen (secondary N) is 1. The molecular formula is C10H17N3O. The Labute approximate surface area is 84.5 Å². The van der Waals surface area contributed by atoms with Gasteiger partial charge in [-0.1, -0.05) is 0 Å². The monoisotopic (exact) mass is 195 g/mol. The lowest BCUT2D eigenvalue weighted by Crippen LogP contribution is -2.19. The second kappa shape index (κ2) is 5.44. The predicted molar refractivity (Wildman–Crippen MR) is 57.5 cm³/mol. The molecule has 0 aliphatic heterocycles. The smallest absolute Gasteiger partial charge is 0.137 e. The molecule has 1 heterocycles. The molecule has 78 valence electrons. The Hall–Kier alpha value is -1.29. The summed E-state index contributed by atoms with van der Waals surface area (Å²) in [7, 11) is 1.63. The van der Waals surface area contributed by atoms with Crippen molar-refractivity contribution in [2.75, 3.05) is 19.0 Å². The quantitative estimate of drug-likeness (QED) is 0.742. The number of rotatable bonds is 5.